The molecule has 0 aliphatic rings. The van der Waals surface area contributed by atoms with Gasteiger partial charge in [0.25, 0.3) is 5.56 Å². The number of carbonyl (C=O) groups is 1. The zero-order chi connectivity index (χ0) is 17.6. The smallest absolute Gasteiger partial charge is 0.334 e. The van der Waals surface area contributed by atoms with Gasteiger partial charge in [-0.1, -0.05) is 18.2 Å². The van der Waals surface area contributed by atoms with Crippen LogP contribution in [-0.4, -0.2) is 21.2 Å². The molecule has 3 rings (SSSR count). The van der Waals surface area contributed by atoms with Crippen LogP contribution in [0, 0.1) is 0 Å². The Labute approximate surface area is 146 Å². The minimum atomic E-state index is -0.614. The van der Waals surface area contributed by atoms with E-state index in [1.54, 1.807) is 36.6 Å². The fraction of sp³-hybridized carbons (Fsp3) is 0.118. The summed E-state index contributed by atoms with van der Waals surface area (Å²) in [5.74, 6) is 1.31. The number of hydrogen-bond acceptors (Lipinski definition) is 5. The first-order chi connectivity index (χ1) is 12.1. The molecule has 8 heteroatoms. The maximum atomic E-state index is 12.2. The summed E-state index contributed by atoms with van der Waals surface area (Å²) in [6.45, 7) is 0. The van der Waals surface area contributed by atoms with Crippen molar-refractivity contribution in [2.45, 2.75) is 5.75 Å². The van der Waals surface area contributed by atoms with E-state index in [0.29, 0.717) is 11.4 Å². The van der Waals surface area contributed by atoms with Gasteiger partial charge >= 0.3 is 5.69 Å². The predicted octanol–water partition coefficient (Wildman–Crippen LogP) is 1.99. The van der Waals surface area contributed by atoms with Gasteiger partial charge in [0, 0.05) is 6.07 Å². The average molecular weight is 357 g/mol. The molecule has 1 amide bonds. The van der Waals surface area contributed by atoms with Crippen molar-refractivity contribution >= 4 is 23.5 Å². The van der Waals surface area contributed by atoms with Crippen molar-refractivity contribution in [2.24, 2.45) is 0 Å². The number of para-hydroxylation sites is 1. The lowest BCUT2D eigenvalue weighted by Gasteiger charge is -2.12. The summed E-state index contributed by atoms with van der Waals surface area (Å²) in [5, 5.41) is 2.62. The molecule has 3 aromatic rings. The van der Waals surface area contributed by atoms with E-state index in [-0.39, 0.29) is 17.5 Å². The number of H-pyrrole nitrogens is 1. The van der Waals surface area contributed by atoms with E-state index >= 15 is 0 Å². The first-order valence-electron chi connectivity index (χ1n) is 7.45. The van der Waals surface area contributed by atoms with Crippen molar-refractivity contribution in [3.05, 3.63) is 81.4 Å². The average Bonchev–Trinajstić information content (AvgIpc) is 3.08. The third-order valence-corrected chi connectivity index (χ3v) is 4.24. The number of hydrogen-bond donors (Lipinski definition) is 2. The molecule has 0 saturated carbocycles. The lowest BCUT2D eigenvalue weighted by atomic mass is 10.3. The summed E-state index contributed by atoms with van der Waals surface area (Å²) in [5.41, 5.74) is -0.643. The molecular formula is C17H15N3O4S. The molecule has 128 valence electrons. The van der Waals surface area contributed by atoms with Crippen LogP contribution in [0.5, 0.6) is 0 Å². The molecule has 0 atom stereocenters. The Morgan fingerprint density at radius 1 is 1.16 bits per heavy atom. The quantitative estimate of drug-likeness (QED) is 0.703. The van der Waals surface area contributed by atoms with Crippen LogP contribution in [0.4, 0.5) is 5.82 Å². The first kappa shape index (κ1) is 16.8. The zero-order valence-electron chi connectivity index (χ0n) is 13.1. The highest BCUT2D eigenvalue weighted by Gasteiger charge is 2.11. The van der Waals surface area contributed by atoms with Gasteiger partial charge in [0.15, 0.2) is 0 Å². The number of amides is 1. The van der Waals surface area contributed by atoms with E-state index in [0.717, 1.165) is 5.76 Å². The Hall–Kier alpha value is -3.00. The van der Waals surface area contributed by atoms with Gasteiger partial charge in [-0.2, -0.15) is 0 Å². The highest BCUT2D eigenvalue weighted by atomic mass is 32.2. The van der Waals surface area contributed by atoms with E-state index in [2.05, 4.69) is 10.3 Å². The Bertz CT molecular complexity index is 962. The predicted molar refractivity (Wildman–Crippen MR) is 96.2 cm³/mol. The third kappa shape index (κ3) is 4.30. The third-order valence-electron chi connectivity index (χ3n) is 3.28. The van der Waals surface area contributed by atoms with Crippen molar-refractivity contribution < 1.29 is 9.21 Å². The normalized spacial score (nSPS) is 10.6. The number of aromatic nitrogens is 2. The molecule has 0 aliphatic carbocycles. The van der Waals surface area contributed by atoms with Crippen molar-refractivity contribution in [1.29, 1.82) is 0 Å². The second kappa shape index (κ2) is 7.71. The van der Waals surface area contributed by atoms with Crippen LogP contribution in [-0.2, 0) is 10.5 Å². The molecule has 2 aromatic heterocycles. The Kier molecular flexibility index (Phi) is 5.20. The molecule has 0 radical (unpaired) electrons. The van der Waals surface area contributed by atoms with Crippen molar-refractivity contribution in [3.63, 3.8) is 0 Å². The number of thioether (sulfide) groups is 1. The fourth-order valence-electron chi connectivity index (χ4n) is 2.24. The summed E-state index contributed by atoms with van der Waals surface area (Å²) in [4.78, 5) is 38.1. The number of carbonyl (C=O) groups excluding carboxylic acids is 1. The van der Waals surface area contributed by atoms with E-state index < -0.39 is 11.2 Å². The van der Waals surface area contributed by atoms with E-state index in [4.69, 9.17) is 4.42 Å². The van der Waals surface area contributed by atoms with Gasteiger partial charge in [0.2, 0.25) is 5.91 Å². The van der Waals surface area contributed by atoms with Crippen LogP contribution in [0.3, 0.4) is 0 Å². The summed E-state index contributed by atoms with van der Waals surface area (Å²) in [6.07, 6.45) is 1.57. The van der Waals surface area contributed by atoms with E-state index in [9.17, 15) is 14.4 Å². The van der Waals surface area contributed by atoms with Crippen molar-refractivity contribution in [3.8, 4) is 5.69 Å². The highest BCUT2D eigenvalue weighted by Crippen LogP contribution is 2.14. The Morgan fingerprint density at radius 2 is 1.96 bits per heavy atom. The number of aromatic amines is 1. The number of furan rings is 1. The molecule has 25 heavy (non-hydrogen) atoms. The number of nitrogens with one attached hydrogen (secondary N) is 2. The maximum Gasteiger partial charge on any atom is 0.334 e. The van der Waals surface area contributed by atoms with Crippen LogP contribution in [0.1, 0.15) is 5.76 Å². The van der Waals surface area contributed by atoms with Gasteiger partial charge in [0.05, 0.1) is 23.5 Å². The number of benzene rings is 1. The lowest BCUT2D eigenvalue weighted by molar-refractivity contribution is -0.113. The highest BCUT2D eigenvalue weighted by molar-refractivity contribution is 7.99. The minimum Gasteiger partial charge on any atom is -0.468 e. The molecule has 2 heterocycles. The largest absolute Gasteiger partial charge is 0.468 e. The fourth-order valence-corrected chi connectivity index (χ4v) is 2.96. The topological polar surface area (TPSA) is 97.1 Å². The summed E-state index contributed by atoms with van der Waals surface area (Å²) in [6, 6.07) is 13.5. The zero-order valence-corrected chi connectivity index (χ0v) is 13.9. The molecule has 7 nitrogen and oxygen atoms in total. The standard InChI is InChI=1S/C17H15N3O4S/c21-15-9-14(18-16(22)11-25-10-13-7-4-8-24-13)20(17(23)19-15)12-5-2-1-3-6-12/h1-9H,10-11H2,(H,18,22)(H,19,21,23). The van der Waals surface area contributed by atoms with Gasteiger partial charge in [-0.3, -0.25) is 14.6 Å². The minimum absolute atomic E-state index is 0.128. The van der Waals surface area contributed by atoms with Crippen LogP contribution in [0.15, 0.2) is 68.8 Å². The van der Waals surface area contributed by atoms with Crippen molar-refractivity contribution in [2.75, 3.05) is 11.1 Å². The second-order valence-electron chi connectivity index (χ2n) is 5.12. The first-order valence-corrected chi connectivity index (χ1v) is 8.61. The molecule has 0 saturated heterocycles. The van der Waals surface area contributed by atoms with Gasteiger partial charge in [-0.25, -0.2) is 9.36 Å². The summed E-state index contributed by atoms with van der Waals surface area (Å²) < 4.78 is 6.45. The maximum absolute atomic E-state index is 12.2. The van der Waals surface area contributed by atoms with Gasteiger partial charge in [-0.05, 0) is 24.3 Å². The van der Waals surface area contributed by atoms with E-state index in [1.807, 2.05) is 12.1 Å². The number of rotatable bonds is 6. The number of anilines is 1. The summed E-state index contributed by atoms with van der Waals surface area (Å²) in [7, 11) is 0. The second-order valence-corrected chi connectivity index (χ2v) is 6.10. The molecular weight excluding hydrogens is 342 g/mol. The van der Waals surface area contributed by atoms with Crippen LogP contribution in [0.25, 0.3) is 5.69 Å². The SMILES string of the molecule is O=C(CSCc1ccco1)Nc1cc(=O)[nH]c(=O)n1-c1ccccc1. The van der Waals surface area contributed by atoms with Crippen LogP contribution >= 0.6 is 11.8 Å². The van der Waals surface area contributed by atoms with Crippen molar-refractivity contribution in [1.82, 2.24) is 9.55 Å². The summed E-state index contributed by atoms with van der Waals surface area (Å²) >= 11 is 1.37. The van der Waals surface area contributed by atoms with Crippen LogP contribution in [0.2, 0.25) is 0 Å². The molecule has 2 N–H and O–H groups in total. The van der Waals surface area contributed by atoms with Gasteiger partial charge in [0.1, 0.15) is 11.6 Å². The van der Waals surface area contributed by atoms with E-state index in [1.165, 1.54) is 22.4 Å². The molecule has 0 unspecified atom stereocenters. The molecule has 0 bridgehead atoms. The number of nitrogens with zero attached hydrogens (tertiary/aromatic N) is 1. The molecule has 1 aromatic carbocycles. The van der Waals surface area contributed by atoms with Crippen LogP contribution < -0.4 is 16.6 Å². The molecule has 0 aliphatic heterocycles. The Morgan fingerprint density at radius 3 is 2.68 bits per heavy atom. The Balaban J connectivity index is 1.76. The van der Waals surface area contributed by atoms with Gasteiger partial charge in [-0.15, -0.1) is 11.8 Å². The lowest BCUT2D eigenvalue weighted by Crippen LogP contribution is -2.32. The molecule has 0 spiro atoms. The molecule has 0 fully saturated rings. The van der Waals surface area contributed by atoms with Gasteiger partial charge < -0.3 is 9.73 Å². The monoisotopic (exact) mass is 357 g/mol.